The summed E-state index contributed by atoms with van der Waals surface area (Å²) in [5.41, 5.74) is 4.65. The molecular formula is C12H22N2O4. The molecule has 2 saturated heterocycles. The van der Waals surface area contributed by atoms with E-state index in [4.69, 9.17) is 15.2 Å². The van der Waals surface area contributed by atoms with Crippen LogP contribution in [0.1, 0.15) is 19.8 Å². The Balaban J connectivity index is 2.05. The summed E-state index contributed by atoms with van der Waals surface area (Å²) in [6, 6.07) is -0.298. The SMILES string of the molecule is CC1(C(=O)NC2(CO)CCOCC2)COCC1N. The summed E-state index contributed by atoms with van der Waals surface area (Å²) in [4.78, 5) is 12.4. The van der Waals surface area contributed by atoms with Gasteiger partial charge in [0.05, 0.1) is 30.8 Å². The summed E-state index contributed by atoms with van der Waals surface area (Å²) in [6.45, 7) is 3.58. The van der Waals surface area contributed by atoms with Crippen molar-refractivity contribution in [3.05, 3.63) is 0 Å². The molecule has 0 aliphatic carbocycles. The Bertz CT molecular complexity index is 317. The van der Waals surface area contributed by atoms with Crippen LogP contribution in [-0.4, -0.2) is 55.6 Å². The molecule has 2 aliphatic rings. The fraction of sp³-hybridized carbons (Fsp3) is 0.917. The van der Waals surface area contributed by atoms with Gasteiger partial charge in [-0.2, -0.15) is 0 Å². The van der Waals surface area contributed by atoms with Crippen molar-refractivity contribution in [3.8, 4) is 0 Å². The van der Waals surface area contributed by atoms with E-state index in [1.807, 2.05) is 6.92 Å². The molecule has 0 aromatic heterocycles. The van der Waals surface area contributed by atoms with E-state index in [0.29, 0.717) is 39.3 Å². The van der Waals surface area contributed by atoms with Crippen LogP contribution >= 0.6 is 0 Å². The number of hydrogen-bond acceptors (Lipinski definition) is 5. The highest BCUT2D eigenvalue weighted by Crippen LogP contribution is 2.29. The smallest absolute Gasteiger partial charge is 0.230 e. The van der Waals surface area contributed by atoms with Gasteiger partial charge in [0.1, 0.15) is 0 Å². The Hall–Kier alpha value is -0.690. The standard InChI is InChI=1S/C12H22N2O4/c1-11(8-18-6-9(11)13)10(16)14-12(7-15)2-4-17-5-3-12/h9,15H,2-8,13H2,1H3,(H,14,16). The first-order valence-corrected chi connectivity index (χ1v) is 6.37. The molecule has 2 unspecified atom stereocenters. The van der Waals surface area contributed by atoms with Gasteiger partial charge in [-0.25, -0.2) is 0 Å². The molecule has 0 radical (unpaired) electrons. The molecule has 1 amide bonds. The number of rotatable bonds is 3. The molecule has 0 aromatic carbocycles. The molecule has 2 atom stereocenters. The molecule has 6 nitrogen and oxygen atoms in total. The van der Waals surface area contributed by atoms with Crippen LogP contribution < -0.4 is 11.1 Å². The summed E-state index contributed by atoms with van der Waals surface area (Å²) in [5.74, 6) is -0.136. The molecular weight excluding hydrogens is 236 g/mol. The van der Waals surface area contributed by atoms with Gasteiger partial charge >= 0.3 is 0 Å². The number of aliphatic hydroxyl groups is 1. The van der Waals surface area contributed by atoms with Crippen molar-refractivity contribution in [1.29, 1.82) is 0 Å². The number of hydrogen-bond donors (Lipinski definition) is 3. The Morgan fingerprint density at radius 3 is 2.61 bits per heavy atom. The van der Waals surface area contributed by atoms with Crippen molar-refractivity contribution < 1.29 is 19.4 Å². The average molecular weight is 258 g/mol. The van der Waals surface area contributed by atoms with E-state index in [0.717, 1.165) is 0 Å². The summed E-state index contributed by atoms with van der Waals surface area (Å²) in [6.07, 6.45) is 1.25. The number of carbonyl (C=O) groups excluding carboxylic acids is 1. The number of nitrogens with one attached hydrogen (secondary N) is 1. The van der Waals surface area contributed by atoms with E-state index in [1.54, 1.807) is 0 Å². The van der Waals surface area contributed by atoms with Crippen molar-refractivity contribution >= 4 is 5.91 Å². The Kier molecular flexibility index (Phi) is 3.91. The van der Waals surface area contributed by atoms with Crippen molar-refractivity contribution in [2.75, 3.05) is 33.0 Å². The maximum Gasteiger partial charge on any atom is 0.230 e. The normalized spacial score (nSPS) is 35.4. The van der Waals surface area contributed by atoms with Gasteiger partial charge in [-0.3, -0.25) is 4.79 Å². The Morgan fingerprint density at radius 1 is 1.44 bits per heavy atom. The minimum atomic E-state index is -0.708. The lowest BCUT2D eigenvalue weighted by molar-refractivity contribution is -0.135. The fourth-order valence-electron chi connectivity index (χ4n) is 2.39. The highest BCUT2D eigenvalue weighted by atomic mass is 16.5. The van der Waals surface area contributed by atoms with Gasteiger partial charge in [0.2, 0.25) is 5.91 Å². The van der Waals surface area contributed by atoms with Crippen LogP contribution in [0, 0.1) is 5.41 Å². The molecule has 2 aliphatic heterocycles. The van der Waals surface area contributed by atoms with E-state index in [1.165, 1.54) is 0 Å². The maximum absolute atomic E-state index is 12.4. The van der Waals surface area contributed by atoms with E-state index in [2.05, 4.69) is 5.32 Å². The zero-order valence-electron chi connectivity index (χ0n) is 10.8. The lowest BCUT2D eigenvalue weighted by Gasteiger charge is -2.39. The molecule has 2 heterocycles. The van der Waals surface area contributed by atoms with Gasteiger partial charge < -0.3 is 25.6 Å². The predicted molar refractivity (Wildman–Crippen MR) is 64.9 cm³/mol. The topological polar surface area (TPSA) is 93.8 Å². The Labute approximate surface area is 107 Å². The molecule has 2 fully saturated rings. The van der Waals surface area contributed by atoms with Crippen LogP contribution in [0.3, 0.4) is 0 Å². The fourth-order valence-corrected chi connectivity index (χ4v) is 2.39. The van der Waals surface area contributed by atoms with Crippen molar-refractivity contribution in [2.45, 2.75) is 31.3 Å². The lowest BCUT2D eigenvalue weighted by Crippen LogP contribution is -2.60. The second kappa shape index (κ2) is 5.13. The van der Waals surface area contributed by atoms with E-state index >= 15 is 0 Å². The molecule has 0 saturated carbocycles. The number of carbonyl (C=O) groups is 1. The third-order valence-electron chi connectivity index (χ3n) is 4.17. The zero-order valence-corrected chi connectivity index (χ0v) is 10.8. The van der Waals surface area contributed by atoms with Gasteiger partial charge in [0.25, 0.3) is 0 Å². The molecule has 0 spiro atoms. The summed E-state index contributed by atoms with van der Waals surface area (Å²) in [5, 5.41) is 12.5. The van der Waals surface area contributed by atoms with Crippen LogP contribution in [0.4, 0.5) is 0 Å². The van der Waals surface area contributed by atoms with E-state index in [9.17, 15) is 9.90 Å². The monoisotopic (exact) mass is 258 g/mol. The molecule has 18 heavy (non-hydrogen) atoms. The number of nitrogens with two attached hydrogens (primary N) is 1. The first-order valence-electron chi connectivity index (χ1n) is 6.37. The van der Waals surface area contributed by atoms with Crippen LogP contribution in [0.25, 0.3) is 0 Å². The van der Waals surface area contributed by atoms with Gasteiger partial charge in [-0.1, -0.05) is 0 Å². The van der Waals surface area contributed by atoms with Crippen LogP contribution in [0.5, 0.6) is 0 Å². The van der Waals surface area contributed by atoms with Crippen LogP contribution in [-0.2, 0) is 14.3 Å². The van der Waals surface area contributed by atoms with E-state index in [-0.39, 0.29) is 18.6 Å². The van der Waals surface area contributed by atoms with Crippen molar-refractivity contribution in [1.82, 2.24) is 5.32 Å². The molecule has 104 valence electrons. The average Bonchev–Trinajstić information content (AvgIpc) is 2.72. The maximum atomic E-state index is 12.4. The summed E-state index contributed by atoms with van der Waals surface area (Å²) < 4.78 is 10.5. The predicted octanol–water partition coefficient (Wildman–Crippen LogP) is -0.992. The zero-order chi connectivity index (χ0) is 13.2. The highest BCUT2D eigenvalue weighted by Gasteiger charge is 2.47. The molecule has 4 N–H and O–H groups in total. The van der Waals surface area contributed by atoms with Crippen molar-refractivity contribution in [3.63, 3.8) is 0 Å². The quantitative estimate of drug-likeness (QED) is 0.604. The first-order chi connectivity index (χ1) is 8.52. The number of ether oxygens (including phenoxy) is 2. The van der Waals surface area contributed by atoms with Crippen LogP contribution in [0.15, 0.2) is 0 Å². The summed E-state index contributed by atoms with van der Waals surface area (Å²) in [7, 11) is 0. The minimum Gasteiger partial charge on any atom is -0.394 e. The highest BCUT2D eigenvalue weighted by molar-refractivity contribution is 5.84. The molecule has 0 aromatic rings. The minimum absolute atomic E-state index is 0.0751. The van der Waals surface area contributed by atoms with Gasteiger partial charge in [0.15, 0.2) is 0 Å². The second-order valence-electron chi connectivity index (χ2n) is 5.54. The lowest BCUT2D eigenvalue weighted by atomic mass is 9.82. The molecule has 6 heteroatoms. The largest absolute Gasteiger partial charge is 0.394 e. The number of amides is 1. The van der Waals surface area contributed by atoms with E-state index < -0.39 is 11.0 Å². The Morgan fingerprint density at radius 2 is 2.11 bits per heavy atom. The molecule has 0 bridgehead atoms. The van der Waals surface area contributed by atoms with Gasteiger partial charge in [-0.05, 0) is 19.8 Å². The summed E-state index contributed by atoms with van der Waals surface area (Å²) >= 11 is 0. The van der Waals surface area contributed by atoms with Crippen molar-refractivity contribution in [2.24, 2.45) is 11.1 Å². The van der Waals surface area contributed by atoms with Gasteiger partial charge in [-0.15, -0.1) is 0 Å². The second-order valence-corrected chi connectivity index (χ2v) is 5.54. The van der Waals surface area contributed by atoms with Crippen LogP contribution in [0.2, 0.25) is 0 Å². The molecule has 2 rings (SSSR count). The first kappa shape index (κ1) is 13.7. The third kappa shape index (κ3) is 2.38. The third-order valence-corrected chi connectivity index (χ3v) is 4.17. The number of aliphatic hydroxyl groups excluding tert-OH is 1. The van der Waals surface area contributed by atoms with Gasteiger partial charge in [0, 0.05) is 19.3 Å².